The molecule has 0 aliphatic heterocycles. The van der Waals surface area contributed by atoms with Gasteiger partial charge in [-0.2, -0.15) is 0 Å². The van der Waals surface area contributed by atoms with Crippen molar-refractivity contribution in [1.29, 1.82) is 0 Å². The van der Waals surface area contributed by atoms with Crippen molar-refractivity contribution in [3.63, 3.8) is 0 Å². The molecule has 0 rings (SSSR count). The summed E-state index contributed by atoms with van der Waals surface area (Å²) in [4.78, 5) is 0. The molecule has 0 radical (unpaired) electrons. The van der Waals surface area contributed by atoms with E-state index in [1.165, 1.54) is 0 Å². The molecule has 0 aromatic rings. The van der Waals surface area contributed by atoms with Crippen LogP contribution in [0.4, 0.5) is 0 Å². The standard InChI is InChI=1S/C17H32N2/c1-5-9-16(8-4,14-18)12-13-17(15-19,10-6-2)11-7-3/h5-7H,1-3,8-15,18-19H2,4H3. The van der Waals surface area contributed by atoms with E-state index in [0.29, 0.717) is 13.1 Å². The van der Waals surface area contributed by atoms with Crippen LogP contribution in [-0.2, 0) is 0 Å². The van der Waals surface area contributed by atoms with Crippen molar-refractivity contribution >= 4 is 0 Å². The highest BCUT2D eigenvalue weighted by Crippen LogP contribution is 2.39. The Morgan fingerprint density at radius 2 is 1.16 bits per heavy atom. The Kier molecular flexibility index (Phi) is 8.70. The van der Waals surface area contributed by atoms with Gasteiger partial charge >= 0.3 is 0 Å². The molecule has 0 bridgehead atoms. The summed E-state index contributed by atoms with van der Waals surface area (Å²) in [6.45, 7) is 15.2. The first-order chi connectivity index (χ1) is 9.07. The fourth-order valence-corrected chi connectivity index (χ4v) is 2.76. The molecule has 110 valence electrons. The molecule has 1 unspecified atom stereocenters. The summed E-state index contributed by atoms with van der Waals surface area (Å²) in [6.07, 6.45) is 12.0. The predicted molar refractivity (Wildman–Crippen MR) is 86.9 cm³/mol. The Labute approximate surface area is 119 Å². The number of rotatable bonds is 12. The van der Waals surface area contributed by atoms with Gasteiger partial charge in [0.25, 0.3) is 0 Å². The molecule has 0 aromatic heterocycles. The van der Waals surface area contributed by atoms with Crippen molar-refractivity contribution in [2.75, 3.05) is 13.1 Å². The van der Waals surface area contributed by atoms with Crippen molar-refractivity contribution in [2.24, 2.45) is 22.3 Å². The number of allylic oxidation sites excluding steroid dienone is 3. The monoisotopic (exact) mass is 264 g/mol. The van der Waals surface area contributed by atoms with Gasteiger partial charge in [-0.05, 0) is 62.4 Å². The second-order valence-electron chi connectivity index (χ2n) is 5.74. The van der Waals surface area contributed by atoms with Crippen molar-refractivity contribution in [3.05, 3.63) is 38.0 Å². The molecule has 0 fully saturated rings. The third-order valence-electron chi connectivity index (χ3n) is 4.53. The zero-order valence-corrected chi connectivity index (χ0v) is 12.7. The normalized spacial score (nSPS) is 14.7. The van der Waals surface area contributed by atoms with E-state index < -0.39 is 0 Å². The fourth-order valence-electron chi connectivity index (χ4n) is 2.76. The molecule has 0 aliphatic carbocycles. The Hall–Kier alpha value is -0.860. The summed E-state index contributed by atoms with van der Waals surface area (Å²) in [6, 6.07) is 0. The Morgan fingerprint density at radius 1 is 0.789 bits per heavy atom. The van der Waals surface area contributed by atoms with E-state index in [9.17, 15) is 0 Å². The van der Waals surface area contributed by atoms with Crippen LogP contribution in [0.15, 0.2) is 38.0 Å². The first kappa shape index (κ1) is 18.1. The average molecular weight is 264 g/mol. The Bertz CT molecular complexity index is 267. The van der Waals surface area contributed by atoms with Crippen LogP contribution in [0.3, 0.4) is 0 Å². The molecule has 2 heteroatoms. The molecule has 2 nitrogen and oxygen atoms in total. The van der Waals surface area contributed by atoms with Crippen LogP contribution < -0.4 is 11.5 Å². The third-order valence-corrected chi connectivity index (χ3v) is 4.53. The molecule has 0 aromatic carbocycles. The van der Waals surface area contributed by atoms with E-state index in [2.05, 4.69) is 26.7 Å². The van der Waals surface area contributed by atoms with Crippen LogP contribution in [0.1, 0.15) is 45.4 Å². The minimum absolute atomic E-state index is 0.0975. The quantitative estimate of drug-likeness (QED) is 0.527. The molecule has 0 saturated heterocycles. The van der Waals surface area contributed by atoms with Gasteiger partial charge in [0.15, 0.2) is 0 Å². The zero-order valence-electron chi connectivity index (χ0n) is 12.7. The molecule has 1 atom stereocenters. The molecule has 19 heavy (non-hydrogen) atoms. The zero-order chi connectivity index (χ0) is 14.8. The van der Waals surface area contributed by atoms with E-state index in [1.807, 2.05) is 18.2 Å². The summed E-state index contributed by atoms with van der Waals surface area (Å²) in [7, 11) is 0. The Morgan fingerprint density at radius 3 is 1.47 bits per heavy atom. The summed E-state index contributed by atoms with van der Waals surface area (Å²) >= 11 is 0. The summed E-state index contributed by atoms with van der Waals surface area (Å²) in [5.74, 6) is 0. The smallest absolute Gasteiger partial charge is 0.00146 e. The lowest BCUT2D eigenvalue weighted by atomic mass is 9.69. The first-order valence-corrected chi connectivity index (χ1v) is 7.30. The van der Waals surface area contributed by atoms with Crippen LogP contribution in [0.2, 0.25) is 0 Å². The van der Waals surface area contributed by atoms with E-state index in [-0.39, 0.29) is 10.8 Å². The summed E-state index contributed by atoms with van der Waals surface area (Å²) < 4.78 is 0. The maximum Gasteiger partial charge on any atom is -0.00146 e. The van der Waals surface area contributed by atoms with Crippen molar-refractivity contribution in [1.82, 2.24) is 0 Å². The van der Waals surface area contributed by atoms with Crippen LogP contribution in [0, 0.1) is 10.8 Å². The van der Waals surface area contributed by atoms with Gasteiger partial charge in [0, 0.05) is 0 Å². The Balaban J connectivity index is 4.87. The SMILES string of the molecule is C=CCC(CC)(CN)CCC(CN)(CC=C)CC=C. The topological polar surface area (TPSA) is 52.0 Å². The van der Waals surface area contributed by atoms with Gasteiger partial charge in [-0.1, -0.05) is 25.2 Å². The van der Waals surface area contributed by atoms with Gasteiger partial charge in [-0.3, -0.25) is 0 Å². The predicted octanol–water partition coefficient (Wildman–Crippen LogP) is 3.80. The van der Waals surface area contributed by atoms with Gasteiger partial charge in [0.05, 0.1) is 0 Å². The first-order valence-electron chi connectivity index (χ1n) is 7.30. The van der Waals surface area contributed by atoms with Crippen LogP contribution >= 0.6 is 0 Å². The molecule has 0 heterocycles. The third kappa shape index (κ3) is 5.33. The minimum atomic E-state index is 0.0975. The molecule has 0 amide bonds. The molecule has 0 spiro atoms. The van der Waals surface area contributed by atoms with Gasteiger partial charge in [-0.25, -0.2) is 0 Å². The highest BCUT2D eigenvalue weighted by Gasteiger charge is 2.32. The van der Waals surface area contributed by atoms with Crippen LogP contribution in [-0.4, -0.2) is 13.1 Å². The summed E-state index contributed by atoms with van der Waals surface area (Å²) in [5, 5.41) is 0. The molecule has 0 saturated carbocycles. The van der Waals surface area contributed by atoms with E-state index in [0.717, 1.165) is 38.5 Å². The van der Waals surface area contributed by atoms with Crippen LogP contribution in [0.25, 0.3) is 0 Å². The van der Waals surface area contributed by atoms with E-state index in [4.69, 9.17) is 11.5 Å². The second kappa shape index (κ2) is 9.11. The molecule has 0 aliphatic rings. The van der Waals surface area contributed by atoms with Crippen LogP contribution in [0.5, 0.6) is 0 Å². The lowest BCUT2D eigenvalue weighted by molar-refractivity contribution is 0.185. The lowest BCUT2D eigenvalue weighted by Gasteiger charge is -2.37. The maximum atomic E-state index is 6.02. The lowest BCUT2D eigenvalue weighted by Crippen LogP contribution is -2.35. The average Bonchev–Trinajstić information content (AvgIpc) is 2.44. The van der Waals surface area contributed by atoms with Crippen molar-refractivity contribution in [2.45, 2.75) is 45.4 Å². The van der Waals surface area contributed by atoms with E-state index in [1.54, 1.807) is 0 Å². The highest BCUT2D eigenvalue weighted by molar-refractivity contribution is 4.95. The van der Waals surface area contributed by atoms with Gasteiger partial charge in [-0.15, -0.1) is 19.7 Å². The molecule has 4 N–H and O–H groups in total. The summed E-state index contributed by atoms with van der Waals surface area (Å²) in [5.41, 5.74) is 12.3. The van der Waals surface area contributed by atoms with Crippen molar-refractivity contribution in [3.8, 4) is 0 Å². The largest absolute Gasteiger partial charge is 0.330 e. The second-order valence-corrected chi connectivity index (χ2v) is 5.74. The number of nitrogens with two attached hydrogens (primary N) is 2. The highest BCUT2D eigenvalue weighted by atomic mass is 14.6. The number of hydrogen-bond acceptors (Lipinski definition) is 2. The molecular weight excluding hydrogens is 232 g/mol. The van der Waals surface area contributed by atoms with Gasteiger partial charge in [0.2, 0.25) is 0 Å². The van der Waals surface area contributed by atoms with Gasteiger partial charge < -0.3 is 11.5 Å². The maximum absolute atomic E-state index is 6.02. The molecular formula is C17H32N2. The van der Waals surface area contributed by atoms with Crippen molar-refractivity contribution < 1.29 is 0 Å². The number of hydrogen-bond donors (Lipinski definition) is 2. The minimum Gasteiger partial charge on any atom is -0.330 e. The fraction of sp³-hybridized carbons (Fsp3) is 0.647. The van der Waals surface area contributed by atoms with Gasteiger partial charge in [0.1, 0.15) is 0 Å². The van der Waals surface area contributed by atoms with E-state index >= 15 is 0 Å².